The van der Waals surface area contributed by atoms with Gasteiger partial charge in [-0.3, -0.25) is 4.79 Å². The van der Waals surface area contributed by atoms with Crippen LogP contribution in [0.25, 0.3) is 0 Å². The highest BCUT2D eigenvalue weighted by molar-refractivity contribution is 5.78. The van der Waals surface area contributed by atoms with Crippen molar-refractivity contribution in [1.29, 1.82) is 0 Å². The van der Waals surface area contributed by atoms with Gasteiger partial charge in [0.05, 0.1) is 20.1 Å². The van der Waals surface area contributed by atoms with Crippen LogP contribution in [0.1, 0.15) is 23.6 Å². The summed E-state index contributed by atoms with van der Waals surface area (Å²) in [6, 6.07) is 12.4. The van der Waals surface area contributed by atoms with Crippen molar-refractivity contribution in [2.24, 2.45) is 0 Å². The number of rotatable bonds is 8. The number of nitrogens with one attached hydrogen (secondary N) is 1. The van der Waals surface area contributed by atoms with Crippen LogP contribution in [0.15, 0.2) is 42.5 Å². The average molecular weight is 331 g/mol. The highest BCUT2D eigenvalue weighted by Crippen LogP contribution is 2.17. The minimum absolute atomic E-state index is 0.128. The van der Waals surface area contributed by atoms with Crippen LogP contribution >= 0.6 is 0 Å². The molecular formula is C19H22FNO3. The lowest BCUT2D eigenvalue weighted by Gasteiger charge is -2.08. The summed E-state index contributed by atoms with van der Waals surface area (Å²) in [6.07, 6.45) is 0.128. The molecule has 0 saturated heterocycles. The maximum absolute atomic E-state index is 13.6. The van der Waals surface area contributed by atoms with E-state index in [-0.39, 0.29) is 18.1 Å². The first-order chi connectivity index (χ1) is 11.6. The lowest BCUT2D eigenvalue weighted by atomic mass is 10.1. The van der Waals surface area contributed by atoms with E-state index in [1.54, 1.807) is 6.07 Å². The molecule has 1 N–H and O–H groups in total. The van der Waals surface area contributed by atoms with Crippen LogP contribution in [-0.2, 0) is 29.1 Å². The molecule has 0 unspecified atom stereocenters. The maximum atomic E-state index is 13.6. The van der Waals surface area contributed by atoms with Crippen LogP contribution in [0.4, 0.5) is 4.39 Å². The second-order valence-electron chi connectivity index (χ2n) is 5.38. The van der Waals surface area contributed by atoms with Gasteiger partial charge >= 0.3 is 0 Å². The SMILES string of the molecule is CCOCc1ccc(CNC(=O)Cc2ccc(OC)c(F)c2)cc1. The fourth-order valence-corrected chi connectivity index (χ4v) is 2.24. The fourth-order valence-electron chi connectivity index (χ4n) is 2.24. The molecule has 0 aliphatic heterocycles. The van der Waals surface area contributed by atoms with Gasteiger partial charge in [0.15, 0.2) is 11.6 Å². The zero-order valence-electron chi connectivity index (χ0n) is 14.0. The summed E-state index contributed by atoms with van der Waals surface area (Å²) < 4.78 is 23.8. The second-order valence-corrected chi connectivity index (χ2v) is 5.38. The molecule has 2 rings (SSSR count). The Morgan fingerprint density at radius 2 is 1.75 bits per heavy atom. The number of hydrogen-bond donors (Lipinski definition) is 1. The Hall–Kier alpha value is -2.40. The topological polar surface area (TPSA) is 47.6 Å². The largest absolute Gasteiger partial charge is 0.494 e. The average Bonchev–Trinajstić information content (AvgIpc) is 2.59. The minimum atomic E-state index is -0.465. The van der Waals surface area contributed by atoms with E-state index in [4.69, 9.17) is 9.47 Å². The van der Waals surface area contributed by atoms with Crippen molar-refractivity contribution >= 4 is 5.91 Å². The summed E-state index contributed by atoms with van der Waals surface area (Å²) in [7, 11) is 1.41. The van der Waals surface area contributed by atoms with Crippen LogP contribution in [0, 0.1) is 5.82 Å². The zero-order chi connectivity index (χ0) is 17.4. The van der Waals surface area contributed by atoms with Crippen LogP contribution in [0.5, 0.6) is 5.75 Å². The lowest BCUT2D eigenvalue weighted by Crippen LogP contribution is -2.24. The van der Waals surface area contributed by atoms with Gasteiger partial charge in [-0.1, -0.05) is 30.3 Å². The Kier molecular flexibility index (Phi) is 6.75. The number of methoxy groups -OCH3 is 1. The van der Waals surface area contributed by atoms with E-state index in [0.717, 1.165) is 11.1 Å². The van der Waals surface area contributed by atoms with Gasteiger partial charge in [0.25, 0.3) is 0 Å². The number of hydrogen-bond acceptors (Lipinski definition) is 3. The maximum Gasteiger partial charge on any atom is 0.224 e. The summed E-state index contributed by atoms with van der Waals surface area (Å²) in [5.41, 5.74) is 2.71. The van der Waals surface area contributed by atoms with Crippen molar-refractivity contribution < 1.29 is 18.7 Å². The van der Waals surface area contributed by atoms with E-state index in [1.807, 2.05) is 31.2 Å². The van der Waals surface area contributed by atoms with Crippen molar-refractivity contribution in [3.8, 4) is 5.75 Å². The van der Waals surface area contributed by atoms with Crippen LogP contribution in [0.2, 0.25) is 0 Å². The molecule has 0 heterocycles. The Morgan fingerprint density at radius 3 is 2.38 bits per heavy atom. The minimum Gasteiger partial charge on any atom is -0.494 e. The smallest absolute Gasteiger partial charge is 0.224 e. The number of benzene rings is 2. The summed E-state index contributed by atoms with van der Waals surface area (Å²) in [5.74, 6) is -0.447. The van der Waals surface area contributed by atoms with E-state index in [2.05, 4.69) is 5.32 Å². The number of halogens is 1. The van der Waals surface area contributed by atoms with E-state index < -0.39 is 5.82 Å². The first kappa shape index (κ1) is 17.9. The molecule has 1 amide bonds. The van der Waals surface area contributed by atoms with Crippen molar-refractivity contribution in [2.45, 2.75) is 26.5 Å². The molecule has 0 bridgehead atoms. The molecule has 24 heavy (non-hydrogen) atoms. The van der Waals surface area contributed by atoms with Gasteiger partial charge in [-0.05, 0) is 35.7 Å². The molecule has 0 fully saturated rings. The molecule has 0 aromatic heterocycles. The van der Waals surface area contributed by atoms with E-state index in [9.17, 15) is 9.18 Å². The number of carbonyl (C=O) groups is 1. The molecule has 0 atom stereocenters. The molecule has 0 saturated carbocycles. The predicted molar refractivity (Wildman–Crippen MR) is 90.3 cm³/mol. The second kappa shape index (κ2) is 9.03. The van der Waals surface area contributed by atoms with Crippen molar-refractivity contribution in [3.63, 3.8) is 0 Å². The predicted octanol–water partition coefficient (Wildman–Crippen LogP) is 3.23. The van der Waals surface area contributed by atoms with Crippen LogP contribution in [0.3, 0.4) is 0 Å². The Labute approximate surface area is 141 Å². The number of ether oxygens (including phenoxy) is 2. The van der Waals surface area contributed by atoms with Gasteiger partial charge in [-0.2, -0.15) is 0 Å². The lowest BCUT2D eigenvalue weighted by molar-refractivity contribution is -0.120. The zero-order valence-corrected chi connectivity index (χ0v) is 14.0. The van der Waals surface area contributed by atoms with Gasteiger partial charge in [-0.25, -0.2) is 4.39 Å². The molecule has 4 nitrogen and oxygen atoms in total. The molecule has 128 valence electrons. The molecule has 2 aromatic carbocycles. The van der Waals surface area contributed by atoms with Crippen molar-refractivity contribution in [2.75, 3.05) is 13.7 Å². The first-order valence-corrected chi connectivity index (χ1v) is 7.87. The Balaban J connectivity index is 1.83. The van der Waals surface area contributed by atoms with Gasteiger partial charge in [0, 0.05) is 13.2 Å². The summed E-state index contributed by atoms with van der Waals surface area (Å²) in [4.78, 5) is 12.0. The molecule has 0 aliphatic rings. The molecule has 2 aromatic rings. The van der Waals surface area contributed by atoms with Gasteiger partial charge in [-0.15, -0.1) is 0 Å². The molecule has 0 radical (unpaired) electrons. The molecule has 0 spiro atoms. The third-order valence-electron chi connectivity index (χ3n) is 3.57. The van der Waals surface area contributed by atoms with Crippen LogP contribution < -0.4 is 10.1 Å². The van der Waals surface area contributed by atoms with E-state index in [0.29, 0.717) is 25.3 Å². The first-order valence-electron chi connectivity index (χ1n) is 7.87. The van der Waals surface area contributed by atoms with Gasteiger partial charge in [0.2, 0.25) is 5.91 Å². The third kappa shape index (κ3) is 5.35. The molecular weight excluding hydrogens is 309 g/mol. The monoisotopic (exact) mass is 331 g/mol. The van der Waals surface area contributed by atoms with Crippen molar-refractivity contribution in [3.05, 3.63) is 65.0 Å². The van der Waals surface area contributed by atoms with Crippen molar-refractivity contribution in [1.82, 2.24) is 5.32 Å². The van der Waals surface area contributed by atoms with Gasteiger partial charge in [0.1, 0.15) is 0 Å². The third-order valence-corrected chi connectivity index (χ3v) is 3.57. The number of carbonyl (C=O) groups excluding carboxylic acids is 1. The highest BCUT2D eigenvalue weighted by atomic mass is 19.1. The highest BCUT2D eigenvalue weighted by Gasteiger charge is 2.07. The number of amides is 1. The molecule has 0 aliphatic carbocycles. The van der Waals surface area contributed by atoms with Crippen LogP contribution in [-0.4, -0.2) is 19.6 Å². The standard InChI is InChI=1S/C19H22FNO3/c1-3-24-13-15-6-4-14(5-7-15)12-21-19(22)11-16-8-9-18(23-2)17(20)10-16/h4-10H,3,11-13H2,1-2H3,(H,21,22). The Morgan fingerprint density at radius 1 is 1.08 bits per heavy atom. The summed E-state index contributed by atoms with van der Waals surface area (Å²) in [6.45, 7) is 3.67. The normalized spacial score (nSPS) is 10.5. The Bertz CT molecular complexity index is 671. The fraction of sp³-hybridized carbons (Fsp3) is 0.316. The summed E-state index contributed by atoms with van der Waals surface area (Å²) >= 11 is 0. The molecule has 5 heteroatoms. The van der Waals surface area contributed by atoms with Gasteiger partial charge < -0.3 is 14.8 Å². The van der Waals surface area contributed by atoms with E-state index in [1.165, 1.54) is 19.2 Å². The summed E-state index contributed by atoms with van der Waals surface area (Å²) in [5, 5.41) is 2.83. The quantitative estimate of drug-likeness (QED) is 0.808. The van der Waals surface area contributed by atoms with E-state index >= 15 is 0 Å².